The van der Waals surface area contributed by atoms with Gasteiger partial charge in [0.05, 0.1) is 43.3 Å². The van der Waals surface area contributed by atoms with Gasteiger partial charge < -0.3 is 18.9 Å². The normalized spacial score (nSPS) is 15.0. The van der Waals surface area contributed by atoms with Gasteiger partial charge in [-0.15, -0.1) is 0 Å². The Morgan fingerprint density at radius 2 is 0.932 bits per heavy atom. The number of rotatable bonds is 10. The zero-order chi connectivity index (χ0) is 32.7. The van der Waals surface area contributed by atoms with Gasteiger partial charge in [0.15, 0.2) is 11.5 Å². The minimum atomic E-state index is -1.64. The first-order chi connectivity index (χ1) is 20.4. The van der Waals surface area contributed by atoms with Crippen LogP contribution in [0.5, 0.6) is 11.5 Å². The van der Waals surface area contributed by atoms with E-state index in [1.807, 2.05) is 27.7 Å². The Kier molecular flexibility index (Phi) is 10.7. The molecule has 14 heteroatoms. The molecule has 0 amide bonds. The van der Waals surface area contributed by atoms with E-state index >= 15 is 0 Å². The molecule has 0 aromatic heterocycles. The van der Waals surface area contributed by atoms with Crippen molar-refractivity contribution in [2.24, 2.45) is 22.7 Å². The Balaban J connectivity index is 1.56. The average molecular weight is 729 g/mol. The fraction of sp³-hybridized carbons (Fsp3) is 0.467. The molecule has 0 aliphatic heterocycles. The van der Waals surface area contributed by atoms with Gasteiger partial charge in [-0.3, -0.25) is 0 Å². The first-order valence-corrected chi connectivity index (χ1v) is 15.8. The highest BCUT2D eigenvalue weighted by molar-refractivity contribution is 6.47. The molecular formula is C30H28Cl6O8. The summed E-state index contributed by atoms with van der Waals surface area (Å²) in [6.07, 6.45) is 4.06. The van der Waals surface area contributed by atoms with Crippen molar-refractivity contribution in [3.8, 4) is 11.5 Å². The Hall–Kier alpha value is -1.94. The summed E-state index contributed by atoms with van der Waals surface area (Å²) in [7, 11) is 0. The highest BCUT2D eigenvalue weighted by Crippen LogP contribution is 2.47. The van der Waals surface area contributed by atoms with E-state index in [2.05, 4.69) is 0 Å². The number of hydrogen-bond acceptors (Lipinski definition) is 8. The van der Waals surface area contributed by atoms with Gasteiger partial charge in [0.25, 0.3) is 0 Å². The fourth-order valence-corrected chi connectivity index (χ4v) is 6.04. The van der Waals surface area contributed by atoms with Crippen LogP contribution in [0.1, 0.15) is 74.1 Å². The summed E-state index contributed by atoms with van der Waals surface area (Å²) in [5.41, 5.74) is -1.55. The molecule has 0 atom stereocenters. The lowest BCUT2D eigenvalue weighted by molar-refractivity contribution is -0.156. The minimum Gasteiger partial charge on any atom is -0.461 e. The minimum absolute atomic E-state index is 0.0406. The highest BCUT2D eigenvalue weighted by atomic mass is 35.5. The lowest BCUT2D eigenvalue weighted by Gasteiger charge is -2.24. The van der Waals surface area contributed by atoms with Crippen molar-refractivity contribution < 1.29 is 38.1 Å². The van der Waals surface area contributed by atoms with Gasteiger partial charge in [0.1, 0.15) is 11.1 Å². The standard InChI is InChI=1S/C30H28Cl6O8/c1-29(2,13-5-6-13)11-41-25(37)19-21(35)15(31)9-17(33)23(19)43-27(39)28(40)44-24-18(34)10-16(32)22(36)20(24)26(38)42-12-30(3,4)14-7-8-14/h9-10,13-14H,5-8,11-12H2,1-4H3. The number of carbonyl (C=O) groups excluding carboxylic acids is 4. The van der Waals surface area contributed by atoms with E-state index in [-0.39, 0.29) is 54.2 Å². The molecule has 8 nitrogen and oxygen atoms in total. The molecule has 0 bridgehead atoms. The van der Waals surface area contributed by atoms with Crippen molar-refractivity contribution in [1.29, 1.82) is 0 Å². The first kappa shape index (κ1) is 34.9. The number of carbonyl (C=O) groups is 4. The van der Waals surface area contributed by atoms with Crippen LogP contribution in [0.3, 0.4) is 0 Å². The summed E-state index contributed by atoms with van der Waals surface area (Å²) < 4.78 is 21.3. The van der Waals surface area contributed by atoms with Crippen molar-refractivity contribution in [1.82, 2.24) is 0 Å². The summed E-state index contributed by atoms with van der Waals surface area (Å²) in [6.45, 7) is 7.89. The second-order valence-corrected chi connectivity index (χ2v) is 14.6. The van der Waals surface area contributed by atoms with Gasteiger partial charge in [-0.2, -0.15) is 0 Å². The van der Waals surface area contributed by atoms with E-state index in [4.69, 9.17) is 88.6 Å². The molecule has 238 valence electrons. The summed E-state index contributed by atoms with van der Waals surface area (Å²) in [4.78, 5) is 52.1. The zero-order valence-electron chi connectivity index (χ0n) is 24.1. The van der Waals surface area contributed by atoms with Gasteiger partial charge >= 0.3 is 23.9 Å². The predicted octanol–water partition coefficient (Wildman–Crippen LogP) is 9.30. The fourth-order valence-electron chi connectivity index (χ4n) is 4.60. The summed E-state index contributed by atoms with van der Waals surface area (Å²) in [6, 6.07) is 2.24. The van der Waals surface area contributed by atoms with Crippen LogP contribution >= 0.6 is 69.6 Å². The van der Waals surface area contributed by atoms with E-state index in [0.29, 0.717) is 11.8 Å². The van der Waals surface area contributed by atoms with Crippen LogP contribution in [-0.4, -0.2) is 37.1 Å². The van der Waals surface area contributed by atoms with Crippen LogP contribution in [0.2, 0.25) is 30.1 Å². The SMILES string of the molecule is CC(C)(COC(=O)c1c(Cl)c(Cl)cc(Cl)c1OC(=O)C(=O)Oc1c(Cl)cc(Cl)c(Cl)c1C(=O)OCC(C)(C)C1CC1)C1CC1. The van der Waals surface area contributed by atoms with Gasteiger partial charge in [-0.05, 0) is 49.7 Å². The summed E-state index contributed by atoms with van der Waals surface area (Å²) in [5.74, 6) is -5.63. The number of hydrogen-bond donors (Lipinski definition) is 0. The second kappa shape index (κ2) is 13.4. The van der Waals surface area contributed by atoms with Gasteiger partial charge in [-0.1, -0.05) is 97.3 Å². The van der Waals surface area contributed by atoms with Crippen molar-refractivity contribution in [2.75, 3.05) is 13.2 Å². The Morgan fingerprint density at radius 1 is 0.614 bits per heavy atom. The third kappa shape index (κ3) is 7.88. The molecule has 44 heavy (non-hydrogen) atoms. The van der Waals surface area contributed by atoms with E-state index in [0.717, 1.165) is 37.8 Å². The van der Waals surface area contributed by atoms with Gasteiger partial charge in [-0.25, -0.2) is 19.2 Å². The molecule has 2 aromatic carbocycles. The lowest BCUT2D eigenvalue weighted by Crippen LogP contribution is -2.28. The topological polar surface area (TPSA) is 105 Å². The number of benzene rings is 2. The third-order valence-corrected chi connectivity index (χ3v) is 9.87. The maximum Gasteiger partial charge on any atom is 0.423 e. The highest BCUT2D eigenvalue weighted by Gasteiger charge is 2.41. The molecule has 2 fully saturated rings. The Morgan fingerprint density at radius 3 is 1.23 bits per heavy atom. The number of esters is 4. The predicted molar refractivity (Wildman–Crippen MR) is 168 cm³/mol. The molecule has 0 N–H and O–H groups in total. The maximum atomic E-state index is 13.1. The Labute approximate surface area is 284 Å². The molecule has 2 aliphatic rings. The van der Waals surface area contributed by atoms with Crippen LogP contribution in [0, 0.1) is 22.7 Å². The van der Waals surface area contributed by atoms with Crippen LogP contribution in [0.4, 0.5) is 0 Å². The molecule has 2 aliphatic carbocycles. The average Bonchev–Trinajstić information content (AvgIpc) is 3.84. The second-order valence-electron chi connectivity index (χ2n) is 12.2. The molecule has 2 aromatic rings. The Bertz CT molecular complexity index is 1410. The quantitative estimate of drug-likeness (QED) is 0.103. The summed E-state index contributed by atoms with van der Waals surface area (Å²) >= 11 is 37.3. The number of ether oxygens (including phenoxy) is 4. The number of halogens is 6. The summed E-state index contributed by atoms with van der Waals surface area (Å²) in [5, 5.41) is -1.50. The molecule has 0 unspecified atom stereocenters. The molecule has 0 saturated heterocycles. The van der Waals surface area contributed by atoms with Crippen molar-refractivity contribution in [3.05, 3.63) is 53.4 Å². The van der Waals surface area contributed by atoms with Crippen molar-refractivity contribution >= 4 is 93.5 Å². The molecule has 0 spiro atoms. The molecule has 2 saturated carbocycles. The molecule has 0 radical (unpaired) electrons. The van der Waals surface area contributed by atoms with Crippen molar-refractivity contribution in [2.45, 2.75) is 53.4 Å². The zero-order valence-corrected chi connectivity index (χ0v) is 28.6. The van der Waals surface area contributed by atoms with Crippen LogP contribution < -0.4 is 9.47 Å². The smallest absolute Gasteiger partial charge is 0.423 e. The molecular weight excluding hydrogens is 701 g/mol. The maximum absolute atomic E-state index is 13.1. The van der Waals surface area contributed by atoms with E-state index in [9.17, 15) is 19.2 Å². The van der Waals surface area contributed by atoms with Crippen LogP contribution in [0.15, 0.2) is 12.1 Å². The first-order valence-electron chi connectivity index (χ1n) is 13.6. The van der Waals surface area contributed by atoms with Crippen LogP contribution in [0.25, 0.3) is 0 Å². The van der Waals surface area contributed by atoms with E-state index < -0.39 is 46.5 Å². The van der Waals surface area contributed by atoms with E-state index in [1.165, 1.54) is 0 Å². The van der Waals surface area contributed by atoms with Gasteiger partial charge in [0, 0.05) is 10.8 Å². The third-order valence-electron chi connectivity index (χ3n) is 7.73. The largest absolute Gasteiger partial charge is 0.461 e. The monoisotopic (exact) mass is 726 g/mol. The lowest BCUT2D eigenvalue weighted by atomic mass is 9.88. The van der Waals surface area contributed by atoms with Gasteiger partial charge in [0.2, 0.25) is 0 Å². The van der Waals surface area contributed by atoms with E-state index in [1.54, 1.807) is 0 Å². The molecule has 0 heterocycles. The molecule has 4 rings (SSSR count). The van der Waals surface area contributed by atoms with Crippen molar-refractivity contribution in [3.63, 3.8) is 0 Å². The van der Waals surface area contributed by atoms with Crippen LogP contribution in [-0.2, 0) is 19.1 Å².